The molecule has 0 atom stereocenters. The minimum atomic E-state index is 0.00940. The van der Waals surface area contributed by atoms with Gasteiger partial charge in [-0.05, 0) is 24.5 Å². The Labute approximate surface area is 109 Å². The van der Waals surface area contributed by atoms with Crippen LogP contribution >= 0.6 is 0 Å². The predicted octanol–water partition coefficient (Wildman–Crippen LogP) is 2.34. The molecule has 1 aromatic heterocycles. The van der Waals surface area contributed by atoms with Gasteiger partial charge in [-0.1, -0.05) is 27.2 Å². The molecule has 1 rings (SSSR count). The summed E-state index contributed by atoms with van der Waals surface area (Å²) in [5.41, 5.74) is 7.27. The summed E-state index contributed by atoms with van der Waals surface area (Å²) >= 11 is 0. The third-order valence-electron chi connectivity index (χ3n) is 2.64. The van der Waals surface area contributed by atoms with Gasteiger partial charge in [-0.2, -0.15) is 0 Å². The number of carbonyl (C=O) groups excluding carboxylic acids is 1. The standard InChI is InChI=1S/C14H23N3O/c1-5-6-12-7-11(8-13(15)16-12)14(18)17(4)9-10(2)3/h7-8,10H,5-6,9H2,1-4H3,(H2,15,16). The van der Waals surface area contributed by atoms with Crippen LogP contribution in [0.4, 0.5) is 5.82 Å². The van der Waals surface area contributed by atoms with E-state index >= 15 is 0 Å². The van der Waals surface area contributed by atoms with Crippen molar-refractivity contribution in [3.05, 3.63) is 23.4 Å². The van der Waals surface area contributed by atoms with Crippen LogP contribution < -0.4 is 5.73 Å². The second-order valence-electron chi connectivity index (χ2n) is 5.10. The van der Waals surface area contributed by atoms with Gasteiger partial charge in [0.05, 0.1) is 0 Å². The number of anilines is 1. The van der Waals surface area contributed by atoms with Crippen molar-refractivity contribution in [3.8, 4) is 0 Å². The fourth-order valence-corrected chi connectivity index (χ4v) is 1.97. The molecule has 100 valence electrons. The summed E-state index contributed by atoms with van der Waals surface area (Å²) in [6.45, 7) is 7.00. The Kier molecular flexibility index (Phi) is 5.13. The third kappa shape index (κ3) is 4.02. The van der Waals surface area contributed by atoms with Crippen LogP contribution in [0.5, 0.6) is 0 Å². The highest BCUT2D eigenvalue weighted by molar-refractivity contribution is 5.94. The van der Waals surface area contributed by atoms with Gasteiger partial charge in [0.25, 0.3) is 5.91 Å². The van der Waals surface area contributed by atoms with Gasteiger partial charge in [0.2, 0.25) is 0 Å². The average Bonchev–Trinajstić information content (AvgIpc) is 2.26. The average molecular weight is 249 g/mol. The van der Waals surface area contributed by atoms with Gasteiger partial charge in [-0.25, -0.2) is 4.98 Å². The number of aryl methyl sites for hydroxylation is 1. The number of aromatic nitrogens is 1. The second-order valence-corrected chi connectivity index (χ2v) is 5.10. The van der Waals surface area contributed by atoms with Crippen molar-refractivity contribution in [2.75, 3.05) is 19.3 Å². The largest absolute Gasteiger partial charge is 0.384 e. The van der Waals surface area contributed by atoms with Crippen LogP contribution in [0.2, 0.25) is 0 Å². The first-order valence-corrected chi connectivity index (χ1v) is 6.46. The number of amides is 1. The molecule has 1 aromatic rings. The topological polar surface area (TPSA) is 59.2 Å². The Balaban J connectivity index is 2.91. The smallest absolute Gasteiger partial charge is 0.253 e. The molecular formula is C14H23N3O. The van der Waals surface area contributed by atoms with Crippen LogP contribution in [0.1, 0.15) is 43.2 Å². The van der Waals surface area contributed by atoms with E-state index in [1.807, 2.05) is 13.1 Å². The van der Waals surface area contributed by atoms with E-state index in [2.05, 4.69) is 25.8 Å². The van der Waals surface area contributed by atoms with Crippen LogP contribution in [-0.4, -0.2) is 29.4 Å². The zero-order valence-corrected chi connectivity index (χ0v) is 11.7. The molecule has 0 unspecified atom stereocenters. The minimum Gasteiger partial charge on any atom is -0.384 e. The number of nitrogens with zero attached hydrogens (tertiary/aromatic N) is 2. The molecule has 0 aliphatic heterocycles. The van der Waals surface area contributed by atoms with Gasteiger partial charge in [0.15, 0.2) is 0 Å². The normalized spacial score (nSPS) is 10.7. The molecule has 4 heteroatoms. The first kappa shape index (κ1) is 14.5. The molecule has 0 fully saturated rings. The molecule has 0 spiro atoms. The number of hydrogen-bond acceptors (Lipinski definition) is 3. The maximum absolute atomic E-state index is 12.2. The molecule has 0 saturated carbocycles. The maximum Gasteiger partial charge on any atom is 0.253 e. The van der Waals surface area contributed by atoms with Crippen molar-refractivity contribution in [2.24, 2.45) is 5.92 Å². The zero-order chi connectivity index (χ0) is 13.7. The number of hydrogen-bond donors (Lipinski definition) is 1. The van der Waals surface area contributed by atoms with Crippen LogP contribution in [0, 0.1) is 5.92 Å². The van der Waals surface area contributed by atoms with Crippen molar-refractivity contribution in [3.63, 3.8) is 0 Å². The van der Waals surface area contributed by atoms with Crippen LogP contribution in [0.3, 0.4) is 0 Å². The van der Waals surface area contributed by atoms with Crippen molar-refractivity contribution < 1.29 is 4.79 Å². The fourth-order valence-electron chi connectivity index (χ4n) is 1.97. The van der Waals surface area contributed by atoms with E-state index in [1.165, 1.54) is 0 Å². The Bertz CT molecular complexity index is 416. The monoisotopic (exact) mass is 249 g/mol. The molecule has 0 aliphatic rings. The van der Waals surface area contributed by atoms with Crippen LogP contribution in [0.25, 0.3) is 0 Å². The molecule has 2 N–H and O–H groups in total. The molecule has 0 radical (unpaired) electrons. The van der Waals surface area contributed by atoms with E-state index in [4.69, 9.17) is 5.73 Å². The number of nitrogen functional groups attached to an aromatic ring is 1. The lowest BCUT2D eigenvalue weighted by Gasteiger charge is -2.19. The summed E-state index contributed by atoms with van der Waals surface area (Å²) in [5.74, 6) is 0.880. The summed E-state index contributed by atoms with van der Waals surface area (Å²) in [5, 5.41) is 0. The Hall–Kier alpha value is -1.58. The number of nitrogens with two attached hydrogens (primary N) is 1. The van der Waals surface area contributed by atoms with E-state index < -0.39 is 0 Å². The maximum atomic E-state index is 12.2. The minimum absolute atomic E-state index is 0.00940. The molecule has 18 heavy (non-hydrogen) atoms. The summed E-state index contributed by atoms with van der Waals surface area (Å²) in [6.07, 6.45) is 1.84. The van der Waals surface area contributed by atoms with Gasteiger partial charge < -0.3 is 10.6 Å². The number of rotatable bonds is 5. The first-order valence-electron chi connectivity index (χ1n) is 6.46. The SMILES string of the molecule is CCCc1cc(C(=O)N(C)CC(C)C)cc(N)n1. The summed E-state index contributed by atoms with van der Waals surface area (Å²) in [6, 6.07) is 3.50. The molecule has 1 heterocycles. The van der Waals surface area contributed by atoms with Crippen molar-refractivity contribution in [1.82, 2.24) is 9.88 Å². The molecular weight excluding hydrogens is 226 g/mol. The number of pyridine rings is 1. The van der Waals surface area contributed by atoms with Gasteiger partial charge in [0.1, 0.15) is 5.82 Å². The summed E-state index contributed by atoms with van der Waals surface area (Å²) < 4.78 is 0. The van der Waals surface area contributed by atoms with Crippen molar-refractivity contribution in [1.29, 1.82) is 0 Å². The molecule has 4 nitrogen and oxygen atoms in total. The van der Waals surface area contributed by atoms with Crippen molar-refractivity contribution >= 4 is 11.7 Å². The highest BCUT2D eigenvalue weighted by Crippen LogP contribution is 2.12. The van der Waals surface area contributed by atoms with Gasteiger partial charge in [-0.3, -0.25) is 4.79 Å². The van der Waals surface area contributed by atoms with E-state index in [-0.39, 0.29) is 5.91 Å². The van der Waals surface area contributed by atoms with E-state index in [0.717, 1.165) is 25.1 Å². The van der Waals surface area contributed by atoms with Crippen LogP contribution in [0.15, 0.2) is 12.1 Å². The second kappa shape index (κ2) is 6.38. The van der Waals surface area contributed by atoms with E-state index in [0.29, 0.717) is 17.3 Å². The van der Waals surface area contributed by atoms with Gasteiger partial charge >= 0.3 is 0 Å². The van der Waals surface area contributed by atoms with Crippen LogP contribution in [-0.2, 0) is 6.42 Å². The first-order chi connectivity index (χ1) is 8.43. The molecule has 0 saturated heterocycles. The molecule has 0 bridgehead atoms. The van der Waals surface area contributed by atoms with Gasteiger partial charge in [-0.15, -0.1) is 0 Å². The number of carbonyl (C=O) groups is 1. The highest BCUT2D eigenvalue weighted by Gasteiger charge is 2.14. The lowest BCUT2D eigenvalue weighted by molar-refractivity contribution is 0.0779. The predicted molar refractivity (Wildman–Crippen MR) is 74.4 cm³/mol. The van der Waals surface area contributed by atoms with Gasteiger partial charge in [0, 0.05) is 24.8 Å². The summed E-state index contributed by atoms with van der Waals surface area (Å²) in [4.78, 5) is 18.2. The van der Waals surface area contributed by atoms with E-state index in [9.17, 15) is 4.79 Å². The Morgan fingerprint density at radius 1 is 1.44 bits per heavy atom. The quantitative estimate of drug-likeness (QED) is 0.871. The Morgan fingerprint density at radius 3 is 2.67 bits per heavy atom. The molecule has 1 amide bonds. The zero-order valence-electron chi connectivity index (χ0n) is 11.7. The molecule has 0 aromatic carbocycles. The third-order valence-corrected chi connectivity index (χ3v) is 2.64. The fraction of sp³-hybridized carbons (Fsp3) is 0.571. The lowest BCUT2D eigenvalue weighted by Crippen LogP contribution is -2.30. The summed E-state index contributed by atoms with van der Waals surface area (Å²) in [7, 11) is 1.82. The Morgan fingerprint density at radius 2 is 2.11 bits per heavy atom. The highest BCUT2D eigenvalue weighted by atomic mass is 16.2. The van der Waals surface area contributed by atoms with E-state index in [1.54, 1.807) is 11.0 Å². The van der Waals surface area contributed by atoms with Crippen molar-refractivity contribution in [2.45, 2.75) is 33.6 Å². The molecule has 0 aliphatic carbocycles. The lowest BCUT2D eigenvalue weighted by atomic mass is 10.1.